The van der Waals surface area contributed by atoms with Crippen LogP contribution < -0.4 is 10.1 Å². The first-order chi connectivity index (χ1) is 12.2. The highest BCUT2D eigenvalue weighted by Crippen LogP contribution is 2.25. The molecule has 0 aliphatic carbocycles. The van der Waals surface area contributed by atoms with Crippen molar-refractivity contribution in [2.45, 2.75) is 25.9 Å². The van der Waals surface area contributed by atoms with Gasteiger partial charge in [-0.15, -0.1) is 0 Å². The van der Waals surface area contributed by atoms with E-state index >= 15 is 0 Å². The Balaban J connectivity index is 1.43. The smallest absolute Gasteiger partial charge is 0.223 e. The van der Waals surface area contributed by atoms with E-state index in [0.717, 1.165) is 41.1 Å². The predicted molar refractivity (Wildman–Crippen MR) is 96.4 cm³/mol. The maximum atomic E-state index is 12.6. The van der Waals surface area contributed by atoms with Crippen LogP contribution in [0.15, 0.2) is 48.5 Å². The molecule has 25 heavy (non-hydrogen) atoms. The van der Waals surface area contributed by atoms with Gasteiger partial charge in [0.15, 0.2) is 0 Å². The number of nitrogens with zero attached hydrogens (tertiary/aromatic N) is 2. The Labute approximate surface area is 146 Å². The maximum Gasteiger partial charge on any atom is 0.223 e. The van der Waals surface area contributed by atoms with Crippen LogP contribution in [0.3, 0.4) is 0 Å². The molecule has 4 rings (SSSR count). The van der Waals surface area contributed by atoms with Crippen LogP contribution in [0, 0.1) is 5.92 Å². The van der Waals surface area contributed by atoms with Crippen LogP contribution in [0.2, 0.25) is 0 Å². The molecule has 1 amide bonds. The summed E-state index contributed by atoms with van der Waals surface area (Å²) >= 11 is 0. The Bertz CT molecular complexity index is 916. The second-order valence-electron chi connectivity index (χ2n) is 6.43. The molecule has 0 unspecified atom stereocenters. The topological polar surface area (TPSA) is 56.1 Å². The number of hydrogen-bond acceptors (Lipinski definition) is 3. The van der Waals surface area contributed by atoms with Gasteiger partial charge in [-0.3, -0.25) is 4.79 Å². The highest BCUT2D eigenvalue weighted by Gasteiger charge is 2.26. The summed E-state index contributed by atoms with van der Waals surface area (Å²) in [5.74, 6) is 1.89. The summed E-state index contributed by atoms with van der Waals surface area (Å²) in [4.78, 5) is 17.3. The van der Waals surface area contributed by atoms with Crippen LogP contribution in [0.1, 0.15) is 17.8 Å². The molecule has 0 spiro atoms. The van der Waals surface area contributed by atoms with E-state index in [1.165, 1.54) is 0 Å². The van der Waals surface area contributed by atoms with Crippen molar-refractivity contribution in [3.05, 3.63) is 59.9 Å². The number of amides is 1. The molecule has 5 nitrogen and oxygen atoms in total. The number of benzene rings is 2. The number of ether oxygens (including phenoxy) is 1. The molecular weight excluding hydrogens is 314 g/mol. The van der Waals surface area contributed by atoms with E-state index in [9.17, 15) is 4.79 Å². The molecule has 0 bridgehead atoms. The fourth-order valence-electron chi connectivity index (χ4n) is 3.48. The molecule has 0 fully saturated rings. The molecular formula is C20H21N3O2. The fourth-order valence-corrected chi connectivity index (χ4v) is 3.48. The number of carbonyl (C=O) groups excluding carboxylic acids is 1. The van der Waals surface area contributed by atoms with Crippen molar-refractivity contribution in [2.24, 2.45) is 5.92 Å². The first-order valence-electron chi connectivity index (χ1n) is 8.59. The summed E-state index contributed by atoms with van der Waals surface area (Å²) in [6.07, 6.45) is 1.54. The summed E-state index contributed by atoms with van der Waals surface area (Å²) in [5.41, 5.74) is 3.21. The van der Waals surface area contributed by atoms with E-state index < -0.39 is 0 Å². The number of hydrogen-bond donors (Lipinski definition) is 1. The van der Waals surface area contributed by atoms with Crippen LogP contribution in [-0.4, -0.2) is 22.6 Å². The highest BCUT2D eigenvalue weighted by atomic mass is 16.5. The predicted octanol–water partition coefficient (Wildman–Crippen LogP) is 2.92. The summed E-state index contributed by atoms with van der Waals surface area (Å²) in [5, 5.41) is 3.05. The summed E-state index contributed by atoms with van der Waals surface area (Å²) < 4.78 is 7.46. The Kier molecular flexibility index (Phi) is 4.14. The van der Waals surface area contributed by atoms with Crippen molar-refractivity contribution in [2.75, 3.05) is 7.11 Å². The number of methoxy groups -OCH3 is 1. The molecule has 3 aromatic rings. The van der Waals surface area contributed by atoms with Crippen molar-refractivity contribution in [1.82, 2.24) is 14.9 Å². The van der Waals surface area contributed by atoms with Crippen LogP contribution in [0.4, 0.5) is 0 Å². The number of aryl methyl sites for hydroxylation is 1. The van der Waals surface area contributed by atoms with Gasteiger partial charge in [-0.05, 0) is 36.2 Å². The molecule has 0 saturated carbocycles. The molecule has 2 heterocycles. The number of aromatic nitrogens is 2. The maximum absolute atomic E-state index is 12.6. The van der Waals surface area contributed by atoms with Crippen LogP contribution >= 0.6 is 0 Å². The Morgan fingerprint density at radius 1 is 1.28 bits per heavy atom. The summed E-state index contributed by atoms with van der Waals surface area (Å²) in [7, 11) is 1.64. The van der Waals surface area contributed by atoms with Crippen LogP contribution in [0.25, 0.3) is 11.0 Å². The van der Waals surface area contributed by atoms with Crippen molar-refractivity contribution in [1.29, 1.82) is 0 Å². The zero-order valence-electron chi connectivity index (χ0n) is 14.2. The zero-order valence-corrected chi connectivity index (χ0v) is 14.2. The van der Waals surface area contributed by atoms with Gasteiger partial charge in [0.05, 0.1) is 18.1 Å². The molecule has 1 aromatic heterocycles. The second kappa shape index (κ2) is 6.59. The van der Waals surface area contributed by atoms with E-state index in [4.69, 9.17) is 9.72 Å². The molecule has 0 saturated heterocycles. The average molecular weight is 335 g/mol. The van der Waals surface area contributed by atoms with Crippen molar-refractivity contribution in [3.8, 4) is 5.75 Å². The average Bonchev–Trinajstić information content (AvgIpc) is 3.04. The molecule has 1 aliphatic rings. The summed E-state index contributed by atoms with van der Waals surface area (Å²) in [6, 6.07) is 15.9. The third kappa shape index (κ3) is 3.09. The number of imidazole rings is 1. The third-order valence-corrected chi connectivity index (χ3v) is 4.84. The third-order valence-electron chi connectivity index (χ3n) is 4.84. The van der Waals surface area contributed by atoms with Gasteiger partial charge >= 0.3 is 0 Å². The molecule has 0 radical (unpaired) electrons. The van der Waals surface area contributed by atoms with E-state index in [1.54, 1.807) is 7.11 Å². The number of carbonyl (C=O) groups is 1. The van der Waals surface area contributed by atoms with E-state index in [2.05, 4.69) is 16.0 Å². The quantitative estimate of drug-likeness (QED) is 0.797. The Morgan fingerprint density at radius 3 is 3.04 bits per heavy atom. The second-order valence-corrected chi connectivity index (χ2v) is 6.43. The summed E-state index contributed by atoms with van der Waals surface area (Å²) in [6.45, 7) is 1.36. The standard InChI is InChI=1S/C20H21N3O2/c1-25-16-6-4-5-14(11-16)13-21-20(24)15-9-10-23-18-8-3-2-7-17(18)22-19(23)12-15/h2-8,11,15H,9-10,12-13H2,1H3,(H,21,24)/t15-/m0/s1. The minimum absolute atomic E-state index is 0.0186. The van der Waals surface area contributed by atoms with Crippen molar-refractivity contribution >= 4 is 16.9 Å². The van der Waals surface area contributed by atoms with Gasteiger partial charge in [-0.25, -0.2) is 4.98 Å². The number of rotatable bonds is 4. The molecule has 1 N–H and O–H groups in total. The first kappa shape index (κ1) is 15.7. The lowest BCUT2D eigenvalue weighted by atomic mass is 9.96. The lowest BCUT2D eigenvalue weighted by Crippen LogP contribution is -2.35. The van der Waals surface area contributed by atoms with Gasteiger partial charge in [0.1, 0.15) is 11.6 Å². The fraction of sp³-hybridized carbons (Fsp3) is 0.300. The normalized spacial score (nSPS) is 16.4. The molecule has 128 valence electrons. The molecule has 1 aliphatic heterocycles. The Hall–Kier alpha value is -2.82. The number of fused-ring (bicyclic) bond motifs is 3. The first-order valence-corrected chi connectivity index (χ1v) is 8.59. The van der Waals surface area contributed by atoms with E-state index in [0.29, 0.717) is 13.0 Å². The lowest BCUT2D eigenvalue weighted by molar-refractivity contribution is -0.125. The van der Waals surface area contributed by atoms with Crippen LogP contribution in [0.5, 0.6) is 5.75 Å². The monoisotopic (exact) mass is 335 g/mol. The largest absolute Gasteiger partial charge is 0.497 e. The van der Waals surface area contributed by atoms with Gasteiger partial charge in [-0.2, -0.15) is 0 Å². The molecule has 5 heteroatoms. The van der Waals surface area contributed by atoms with Crippen molar-refractivity contribution < 1.29 is 9.53 Å². The number of para-hydroxylation sites is 2. The van der Waals surface area contributed by atoms with Gasteiger partial charge in [0.25, 0.3) is 0 Å². The lowest BCUT2D eigenvalue weighted by Gasteiger charge is -2.23. The van der Waals surface area contributed by atoms with E-state index in [1.807, 2.05) is 42.5 Å². The minimum Gasteiger partial charge on any atom is -0.497 e. The van der Waals surface area contributed by atoms with Gasteiger partial charge in [-0.1, -0.05) is 24.3 Å². The van der Waals surface area contributed by atoms with Crippen molar-refractivity contribution in [3.63, 3.8) is 0 Å². The van der Waals surface area contributed by atoms with Gasteiger partial charge < -0.3 is 14.6 Å². The van der Waals surface area contributed by atoms with Gasteiger partial charge in [0.2, 0.25) is 5.91 Å². The number of nitrogens with one attached hydrogen (secondary N) is 1. The Morgan fingerprint density at radius 2 is 2.16 bits per heavy atom. The SMILES string of the molecule is COc1cccc(CNC(=O)[C@H]2CCn3c(nc4ccccc43)C2)c1. The van der Waals surface area contributed by atoms with E-state index in [-0.39, 0.29) is 11.8 Å². The zero-order chi connectivity index (χ0) is 17.2. The molecule has 2 aromatic carbocycles. The highest BCUT2D eigenvalue weighted by molar-refractivity contribution is 5.80. The minimum atomic E-state index is -0.0186. The van der Waals surface area contributed by atoms with Gasteiger partial charge in [0, 0.05) is 25.4 Å². The molecule has 1 atom stereocenters. The van der Waals surface area contributed by atoms with Crippen LogP contribution in [-0.2, 0) is 24.3 Å².